The number of ether oxygens (including phenoxy) is 1. The van der Waals surface area contributed by atoms with Gasteiger partial charge in [0.15, 0.2) is 6.61 Å². The van der Waals surface area contributed by atoms with Crippen LogP contribution in [0.15, 0.2) is 42.5 Å². The summed E-state index contributed by atoms with van der Waals surface area (Å²) in [5, 5.41) is 5.70. The minimum Gasteiger partial charge on any atom is -0.483 e. The molecule has 0 spiro atoms. The number of hydrogen-bond acceptors (Lipinski definition) is 3. The van der Waals surface area contributed by atoms with E-state index in [1.807, 2.05) is 45.9 Å². The smallest absolute Gasteiger partial charge is 0.262 e. The van der Waals surface area contributed by atoms with Crippen molar-refractivity contribution < 1.29 is 14.3 Å². The van der Waals surface area contributed by atoms with Crippen LogP contribution in [-0.2, 0) is 4.79 Å². The lowest BCUT2D eigenvalue weighted by atomic mass is 10.0. The Hall–Kier alpha value is -2.82. The van der Waals surface area contributed by atoms with Crippen molar-refractivity contribution in [2.75, 3.05) is 11.9 Å². The molecule has 2 amide bonds. The first-order valence-electron chi connectivity index (χ1n) is 9.51. The van der Waals surface area contributed by atoms with Gasteiger partial charge in [0.25, 0.3) is 11.8 Å². The number of carbonyl (C=O) groups excluding carboxylic acids is 2. The molecule has 0 aromatic heterocycles. The number of hydrogen-bond donors (Lipinski definition) is 2. The van der Waals surface area contributed by atoms with Crippen LogP contribution in [0.1, 0.15) is 62.0 Å². The standard InChI is InChI=1S/C23H30N2O3/c1-15(2)19-11-10-16(3)12-20(19)28-14-21(26)24-18-9-7-8-17(13-18)22(27)25-23(4,5)6/h7-13,15H,14H2,1-6H3,(H,24,26)(H,25,27). The molecule has 0 fully saturated rings. The first-order valence-corrected chi connectivity index (χ1v) is 9.51. The third kappa shape index (κ3) is 6.41. The number of anilines is 1. The quantitative estimate of drug-likeness (QED) is 0.763. The number of benzene rings is 2. The lowest BCUT2D eigenvalue weighted by Gasteiger charge is -2.20. The SMILES string of the molecule is Cc1ccc(C(C)C)c(OCC(=O)Nc2cccc(C(=O)NC(C)(C)C)c2)c1. The molecule has 2 aromatic carbocycles. The maximum Gasteiger partial charge on any atom is 0.262 e. The molecule has 0 saturated carbocycles. The highest BCUT2D eigenvalue weighted by Crippen LogP contribution is 2.27. The van der Waals surface area contributed by atoms with Crippen molar-refractivity contribution in [3.8, 4) is 5.75 Å². The summed E-state index contributed by atoms with van der Waals surface area (Å²) in [6, 6.07) is 12.9. The Morgan fingerprint density at radius 3 is 2.43 bits per heavy atom. The molecule has 2 aromatic rings. The Labute approximate surface area is 167 Å². The molecular formula is C23H30N2O3. The van der Waals surface area contributed by atoms with Gasteiger partial charge in [0.05, 0.1) is 0 Å². The molecule has 0 aliphatic rings. The Morgan fingerprint density at radius 1 is 1.07 bits per heavy atom. The Morgan fingerprint density at radius 2 is 1.79 bits per heavy atom. The third-order valence-electron chi connectivity index (χ3n) is 4.05. The van der Waals surface area contributed by atoms with Crippen LogP contribution in [0.4, 0.5) is 5.69 Å². The van der Waals surface area contributed by atoms with Crippen LogP contribution in [0.5, 0.6) is 5.75 Å². The van der Waals surface area contributed by atoms with Crippen LogP contribution >= 0.6 is 0 Å². The topological polar surface area (TPSA) is 67.4 Å². The Balaban J connectivity index is 2.02. The highest BCUT2D eigenvalue weighted by atomic mass is 16.5. The van der Waals surface area contributed by atoms with Gasteiger partial charge in [-0.2, -0.15) is 0 Å². The van der Waals surface area contributed by atoms with Crippen LogP contribution in [0.2, 0.25) is 0 Å². The number of aryl methyl sites for hydroxylation is 1. The summed E-state index contributed by atoms with van der Waals surface area (Å²) in [4.78, 5) is 24.6. The predicted octanol–water partition coefficient (Wildman–Crippen LogP) is 4.66. The van der Waals surface area contributed by atoms with Crippen molar-refractivity contribution in [1.29, 1.82) is 0 Å². The van der Waals surface area contributed by atoms with Gasteiger partial charge in [-0.15, -0.1) is 0 Å². The van der Waals surface area contributed by atoms with E-state index in [-0.39, 0.29) is 24.0 Å². The molecule has 2 rings (SSSR count). The second-order valence-electron chi connectivity index (χ2n) is 8.32. The molecule has 0 unspecified atom stereocenters. The molecule has 0 aliphatic heterocycles. The highest BCUT2D eigenvalue weighted by Gasteiger charge is 2.16. The zero-order valence-electron chi connectivity index (χ0n) is 17.6. The number of amides is 2. The van der Waals surface area contributed by atoms with Crippen LogP contribution < -0.4 is 15.4 Å². The summed E-state index contributed by atoms with van der Waals surface area (Å²) in [7, 11) is 0. The molecule has 0 radical (unpaired) electrons. The van der Waals surface area contributed by atoms with Crippen LogP contribution in [0.25, 0.3) is 0 Å². The number of rotatable bonds is 6. The van der Waals surface area contributed by atoms with E-state index in [4.69, 9.17) is 4.74 Å². The lowest BCUT2D eigenvalue weighted by Crippen LogP contribution is -2.40. The fourth-order valence-corrected chi connectivity index (χ4v) is 2.73. The van der Waals surface area contributed by atoms with E-state index in [9.17, 15) is 9.59 Å². The van der Waals surface area contributed by atoms with E-state index in [0.717, 1.165) is 16.9 Å². The fraction of sp³-hybridized carbons (Fsp3) is 0.391. The van der Waals surface area contributed by atoms with Crippen molar-refractivity contribution in [2.24, 2.45) is 0 Å². The largest absolute Gasteiger partial charge is 0.483 e. The Bertz CT molecular complexity index is 851. The molecule has 28 heavy (non-hydrogen) atoms. The van der Waals surface area contributed by atoms with Crippen LogP contribution in [-0.4, -0.2) is 24.0 Å². The molecule has 5 heteroatoms. The summed E-state index contributed by atoms with van der Waals surface area (Å²) in [6.07, 6.45) is 0. The second kappa shape index (κ2) is 8.91. The molecule has 0 bridgehead atoms. The molecule has 5 nitrogen and oxygen atoms in total. The van der Waals surface area contributed by atoms with Gasteiger partial charge in [0.2, 0.25) is 0 Å². The van der Waals surface area contributed by atoms with E-state index in [0.29, 0.717) is 17.2 Å². The molecule has 0 atom stereocenters. The molecule has 150 valence electrons. The van der Waals surface area contributed by atoms with Gasteiger partial charge in [-0.3, -0.25) is 9.59 Å². The van der Waals surface area contributed by atoms with Gasteiger partial charge in [0, 0.05) is 16.8 Å². The van der Waals surface area contributed by atoms with E-state index in [1.54, 1.807) is 24.3 Å². The minimum absolute atomic E-state index is 0.0956. The van der Waals surface area contributed by atoms with Gasteiger partial charge in [0.1, 0.15) is 5.75 Å². The van der Waals surface area contributed by atoms with Crippen molar-refractivity contribution in [1.82, 2.24) is 5.32 Å². The zero-order valence-corrected chi connectivity index (χ0v) is 17.6. The fourth-order valence-electron chi connectivity index (χ4n) is 2.73. The van der Waals surface area contributed by atoms with Gasteiger partial charge < -0.3 is 15.4 Å². The summed E-state index contributed by atoms with van der Waals surface area (Å²) >= 11 is 0. The summed E-state index contributed by atoms with van der Waals surface area (Å²) in [5.74, 6) is 0.575. The molecular weight excluding hydrogens is 352 g/mol. The van der Waals surface area contributed by atoms with E-state index in [1.165, 1.54) is 0 Å². The lowest BCUT2D eigenvalue weighted by molar-refractivity contribution is -0.118. The maximum atomic E-state index is 12.3. The average Bonchev–Trinajstić information content (AvgIpc) is 2.58. The van der Waals surface area contributed by atoms with E-state index >= 15 is 0 Å². The van der Waals surface area contributed by atoms with Crippen LogP contribution in [0.3, 0.4) is 0 Å². The molecule has 0 heterocycles. The zero-order chi connectivity index (χ0) is 20.9. The third-order valence-corrected chi connectivity index (χ3v) is 4.05. The van der Waals surface area contributed by atoms with Crippen molar-refractivity contribution >= 4 is 17.5 Å². The van der Waals surface area contributed by atoms with E-state index < -0.39 is 0 Å². The van der Waals surface area contributed by atoms with Crippen LogP contribution in [0, 0.1) is 6.92 Å². The average molecular weight is 383 g/mol. The normalized spacial score (nSPS) is 11.2. The first kappa shape index (κ1) is 21.5. The van der Waals surface area contributed by atoms with E-state index in [2.05, 4.69) is 24.5 Å². The van der Waals surface area contributed by atoms with Gasteiger partial charge in [-0.1, -0.05) is 32.0 Å². The van der Waals surface area contributed by atoms with Gasteiger partial charge >= 0.3 is 0 Å². The van der Waals surface area contributed by atoms with Gasteiger partial charge in [-0.05, 0) is 69.0 Å². The van der Waals surface area contributed by atoms with Gasteiger partial charge in [-0.25, -0.2) is 0 Å². The van der Waals surface area contributed by atoms with Crippen molar-refractivity contribution in [3.05, 3.63) is 59.2 Å². The minimum atomic E-state index is -0.327. The predicted molar refractivity (Wildman–Crippen MR) is 113 cm³/mol. The van der Waals surface area contributed by atoms with Crippen molar-refractivity contribution in [2.45, 2.75) is 53.0 Å². The maximum absolute atomic E-state index is 12.3. The molecule has 2 N–H and O–H groups in total. The van der Waals surface area contributed by atoms with Crippen molar-refractivity contribution in [3.63, 3.8) is 0 Å². The molecule has 0 saturated heterocycles. The number of carbonyl (C=O) groups is 2. The second-order valence-corrected chi connectivity index (χ2v) is 8.32. The first-order chi connectivity index (χ1) is 13.0. The highest BCUT2D eigenvalue weighted by molar-refractivity contribution is 5.97. The number of nitrogens with one attached hydrogen (secondary N) is 2. The summed E-state index contributed by atoms with van der Waals surface area (Å²) in [5.41, 5.74) is 2.88. The summed E-state index contributed by atoms with van der Waals surface area (Å²) < 4.78 is 5.77. The summed E-state index contributed by atoms with van der Waals surface area (Å²) in [6.45, 7) is 11.8. The molecule has 0 aliphatic carbocycles. The Kier molecular flexibility index (Phi) is 6.84. The monoisotopic (exact) mass is 382 g/mol.